The Hall–Kier alpha value is -5.54. The van der Waals surface area contributed by atoms with E-state index in [0.29, 0.717) is 0 Å². The molecule has 0 amide bonds. The molecule has 101 heavy (non-hydrogen) atoms. The fraction of sp³-hybridized carbons (Fsp3) is 0.939. The van der Waals surface area contributed by atoms with Crippen LogP contribution in [0, 0.1) is 0 Å². The first kappa shape index (κ1) is 97.5. The van der Waals surface area contributed by atoms with Crippen LogP contribution in [-0.2, 0) is 9.59 Å². The van der Waals surface area contributed by atoms with Gasteiger partial charge in [0.25, 0.3) is 0 Å². The molecule has 0 aliphatic heterocycles. The average Bonchev–Trinajstić information content (AvgIpc) is 0.685. The quantitative estimate of drug-likeness (QED) is 0.0732. The van der Waals surface area contributed by atoms with Crippen LogP contribution in [0.2, 0.25) is 0 Å². The number of halogens is 64. The van der Waals surface area contributed by atoms with Crippen molar-refractivity contribution in [2.45, 2.75) is 184 Å². The van der Waals surface area contributed by atoms with E-state index in [0.717, 1.165) is 0 Å². The Bertz CT molecular complexity index is 2990. The third-order valence-electron chi connectivity index (χ3n) is 11.9. The molecule has 0 aliphatic carbocycles. The average molecular weight is 1680 g/mol. The van der Waals surface area contributed by atoms with Crippen molar-refractivity contribution in [3.63, 3.8) is 0 Å². The lowest BCUT2D eigenvalue weighted by molar-refractivity contribution is -0.490. The first-order valence-electron chi connectivity index (χ1n) is 20.7. The monoisotopic (exact) mass is 1680 g/mol. The van der Waals surface area contributed by atoms with Gasteiger partial charge in [-0.15, -0.1) is 0 Å². The summed E-state index contributed by atoms with van der Waals surface area (Å²) in [6, 6.07) is 0. The van der Waals surface area contributed by atoms with Crippen LogP contribution in [0.4, 0.5) is 281 Å². The first-order chi connectivity index (χ1) is 42.1. The predicted octanol–water partition coefficient (Wildman–Crippen LogP) is 19.7. The van der Waals surface area contributed by atoms with Crippen LogP contribution in [0.25, 0.3) is 0 Å². The highest BCUT2D eigenvalue weighted by molar-refractivity contribution is 5.77. The van der Waals surface area contributed by atoms with Gasteiger partial charge in [0, 0.05) is 0 Å². The molecule has 2 N–H and O–H groups in total. The van der Waals surface area contributed by atoms with E-state index < -0.39 is 196 Å². The van der Waals surface area contributed by atoms with Crippen LogP contribution in [-0.4, -0.2) is 206 Å². The SMILES string of the molecule is O=C(O)C(F)(F)C(F)(F)C(F)(F)C(F)(F)C(F)(F)C(F)(F)C(F)(F)C(F)(F)C(F)(F)C(F)(F)C(F)(F)C(F)(F)C(F)(F)C(F)(F)C(F)(F)C(F)(F)F.O=C(O)C(F)(F)C(F)(F)C(F)(F)C(F)(F)C(F)(F)C(F)(F)C(F)(F)C(F)(F)C(F)(F)C(F)(F)C(F)(F)C(F)(F)C(F)(F)C(F)(F)C(F)(F)F. The predicted molar refractivity (Wildman–Crippen MR) is 171 cm³/mol. The highest BCUT2D eigenvalue weighted by Crippen LogP contribution is 2.73. The van der Waals surface area contributed by atoms with E-state index in [4.69, 9.17) is 10.2 Å². The molecule has 0 fully saturated rings. The lowest BCUT2D eigenvalue weighted by atomic mass is 9.82. The zero-order chi connectivity index (χ0) is 84.7. The standard InChI is InChI=1S/C17HF33O2.C16HF31O2/c18-2(19,1(51)52)3(20,21)4(22,23)5(24,25)6(26,27)7(28,29)8(30,31)9(32,33)10(34,35)11(36,37)12(38,39)13(40,41)14(42,43)15(44,45)16(46,47)17(48,49)50;17-2(18,1(48)49)3(19,20)4(21,22)5(23,24)6(25,26)7(27,28)8(29,30)9(31,32)10(33,34)11(35,36)12(37,38)13(39,40)14(41,42)15(43,44)16(45,46)47/h(H,51,52);(H,48,49). The highest BCUT2D eigenvalue weighted by Gasteiger charge is 3.05. The van der Waals surface area contributed by atoms with Crippen molar-refractivity contribution in [1.29, 1.82) is 0 Å². The van der Waals surface area contributed by atoms with Crippen molar-refractivity contribution in [3.05, 3.63) is 0 Å². The van der Waals surface area contributed by atoms with Crippen LogP contribution >= 0.6 is 0 Å². The molecule has 0 spiro atoms. The van der Waals surface area contributed by atoms with Gasteiger partial charge in [0.1, 0.15) is 0 Å². The summed E-state index contributed by atoms with van der Waals surface area (Å²) in [4.78, 5) is 19.9. The number of carboxylic acid groups (broad SMARTS) is 2. The Labute approximate surface area is 498 Å². The molecule has 4 nitrogen and oxygen atoms in total. The Balaban J connectivity index is 0. The van der Waals surface area contributed by atoms with E-state index in [1.54, 1.807) is 0 Å². The molecule has 0 atom stereocenters. The number of carboxylic acids is 2. The van der Waals surface area contributed by atoms with Crippen molar-refractivity contribution >= 4 is 11.9 Å². The van der Waals surface area contributed by atoms with E-state index in [1.807, 2.05) is 0 Å². The Morgan fingerprint density at radius 1 is 0.119 bits per heavy atom. The van der Waals surface area contributed by atoms with E-state index in [-0.39, 0.29) is 0 Å². The van der Waals surface area contributed by atoms with Crippen LogP contribution in [0.3, 0.4) is 0 Å². The fourth-order valence-corrected chi connectivity index (χ4v) is 5.55. The molecule has 606 valence electrons. The Morgan fingerprint density at radius 3 is 0.238 bits per heavy atom. The molecule has 0 saturated carbocycles. The van der Waals surface area contributed by atoms with Crippen LogP contribution in [0.1, 0.15) is 0 Å². The summed E-state index contributed by atoms with van der Waals surface area (Å²) in [5.74, 6) is -289. The highest BCUT2D eigenvalue weighted by atomic mass is 19.5. The summed E-state index contributed by atoms with van der Waals surface area (Å²) in [7, 11) is 0. The molecule has 0 heterocycles. The van der Waals surface area contributed by atoms with E-state index in [9.17, 15) is 291 Å². The normalized spacial score (nSPS) is 17.1. The molecule has 0 radical (unpaired) electrons. The third-order valence-corrected chi connectivity index (χ3v) is 11.9. The van der Waals surface area contributed by atoms with Gasteiger partial charge in [0.15, 0.2) is 0 Å². The summed E-state index contributed by atoms with van der Waals surface area (Å²) in [5, 5.41) is 15.3. The largest absolute Gasteiger partial charge is 0.477 e. The van der Waals surface area contributed by atoms with Crippen molar-refractivity contribution in [2.75, 3.05) is 0 Å². The maximum atomic E-state index is 13.8. The maximum absolute atomic E-state index is 13.8. The summed E-state index contributed by atoms with van der Waals surface area (Å²) in [5.41, 5.74) is 0. The van der Waals surface area contributed by atoms with Gasteiger partial charge in [-0.2, -0.15) is 281 Å². The van der Waals surface area contributed by atoms with Gasteiger partial charge in [0.2, 0.25) is 0 Å². The van der Waals surface area contributed by atoms with Crippen LogP contribution in [0.15, 0.2) is 0 Å². The van der Waals surface area contributed by atoms with Gasteiger partial charge in [-0.1, -0.05) is 0 Å². The molecular weight excluding hydrogens is 1680 g/mol. The molecule has 0 aromatic heterocycles. The number of hydrogen-bond acceptors (Lipinski definition) is 2. The second kappa shape index (κ2) is 23.7. The molecular formula is C33H2F64O4. The minimum Gasteiger partial charge on any atom is -0.477 e. The van der Waals surface area contributed by atoms with Gasteiger partial charge in [-0.3, -0.25) is 0 Å². The third kappa shape index (κ3) is 11.3. The van der Waals surface area contributed by atoms with Gasteiger partial charge in [0.05, 0.1) is 0 Å². The van der Waals surface area contributed by atoms with Crippen molar-refractivity contribution in [1.82, 2.24) is 0 Å². The second-order valence-electron chi connectivity index (χ2n) is 18.3. The topological polar surface area (TPSA) is 74.6 Å². The molecule has 0 aliphatic rings. The van der Waals surface area contributed by atoms with E-state index in [2.05, 4.69) is 0 Å². The summed E-state index contributed by atoms with van der Waals surface area (Å²) < 4.78 is 850. The van der Waals surface area contributed by atoms with Crippen LogP contribution in [0.5, 0.6) is 0 Å². The van der Waals surface area contributed by atoms with E-state index >= 15 is 0 Å². The molecule has 0 saturated heterocycles. The fourth-order valence-electron chi connectivity index (χ4n) is 5.55. The Morgan fingerprint density at radius 2 is 0.178 bits per heavy atom. The molecule has 0 rings (SSSR count). The molecule has 0 bridgehead atoms. The van der Waals surface area contributed by atoms with Crippen LogP contribution < -0.4 is 0 Å². The zero-order valence-electron chi connectivity index (χ0n) is 42.4. The Kier molecular flexibility index (Phi) is 22.9. The van der Waals surface area contributed by atoms with Gasteiger partial charge in [-0.25, -0.2) is 9.59 Å². The molecule has 0 aromatic carbocycles. The number of alkyl halides is 64. The number of aliphatic carboxylic acids is 2. The second-order valence-corrected chi connectivity index (χ2v) is 18.3. The molecule has 68 heteroatoms. The van der Waals surface area contributed by atoms with E-state index in [1.165, 1.54) is 0 Å². The summed E-state index contributed by atoms with van der Waals surface area (Å²) in [6.07, 6.45) is -16.8. The zero-order valence-corrected chi connectivity index (χ0v) is 42.4. The summed E-state index contributed by atoms with van der Waals surface area (Å²) in [6.45, 7) is 0. The van der Waals surface area contributed by atoms with Gasteiger partial charge >= 0.3 is 196 Å². The minimum absolute atomic E-state index is 4.81. The smallest absolute Gasteiger partial charge is 0.460 e. The lowest BCUT2D eigenvalue weighted by Crippen LogP contribution is -2.80. The molecule has 0 aromatic rings. The van der Waals surface area contributed by atoms with Gasteiger partial charge in [-0.05, 0) is 0 Å². The number of rotatable bonds is 29. The first-order valence-corrected chi connectivity index (χ1v) is 20.7. The van der Waals surface area contributed by atoms with Crippen molar-refractivity contribution < 1.29 is 301 Å². The maximum Gasteiger partial charge on any atom is 0.460 e. The number of carbonyl (C=O) groups is 2. The van der Waals surface area contributed by atoms with Crippen molar-refractivity contribution in [2.24, 2.45) is 0 Å². The number of hydrogen-bond donors (Lipinski definition) is 2. The lowest BCUT2D eigenvalue weighted by Gasteiger charge is -2.46. The van der Waals surface area contributed by atoms with Crippen molar-refractivity contribution in [3.8, 4) is 0 Å². The molecule has 0 unspecified atom stereocenters. The minimum atomic E-state index is -10.3. The summed E-state index contributed by atoms with van der Waals surface area (Å²) >= 11 is 0. The van der Waals surface area contributed by atoms with Gasteiger partial charge < -0.3 is 10.2 Å².